The molecule has 168 valence electrons. The van der Waals surface area contributed by atoms with Crippen molar-refractivity contribution in [3.63, 3.8) is 0 Å². The molecule has 1 fully saturated rings. The Bertz CT molecular complexity index is 953. The highest BCUT2D eigenvalue weighted by Crippen LogP contribution is 2.40. The first-order valence-corrected chi connectivity index (χ1v) is 12.9. The van der Waals surface area contributed by atoms with Gasteiger partial charge < -0.3 is 10.1 Å². The second-order valence-corrected chi connectivity index (χ2v) is 11.0. The van der Waals surface area contributed by atoms with Crippen molar-refractivity contribution in [1.29, 1.82) is 0 Å². The van der Waals surface area contributed by atoms with Gasteiger partial charge in [-0.25, -0.2) is 8.42 Å². The van der Waals surface area contributed by atoms with Gasteiger partial charge >= 0.3 is 0 Å². The van der Waals surface area contributed by atoms with E-state index in [2.05, 4.69) is 17.4 Å². The lowest BCUT2D eigenvalue weighted by Crippen LogP contribution is -2.44. The van der Waals surface area contributed by atoms with Crippen LogP contribution in [0.4, 0.5) is 0 Å². The van der Waals surface area contributed by atoms with E-state index in [4.69, 9.17) is 4.74 Å². The molecule has 0 aliphatic carbocycles. The fraction of sp³-hybridized carbons (Fsp3) is 0.435. The van der Waals surface area contributed by atoms with E-state index in [1.807, 2.05) is 32.0 Å². The molecule has 3 rings (SSSR count). The average molecular weight is 463 g/mol. The molecular formula is C23H30N2O4S2. The first-order chi connectivity index (χ1) is 14.9. The number of nitrogens with zero attached hydrogens (tertiary/aromatic N) is 1. The quantitative estimate of drug-likeness (QED) is 0.614. The summed E-state index contributed by atoms with van der Waals surface area (Å²) in [5.74, 6) is -0.202. The van der Waals surface area contributed by atoms with Crippen LogP contribution in [0.1, 0.15) is 37.0 Å². The van der Waals surface area contributed by atoms with Crippen LogP contribution in [0.15, 0.2) is 64.4 Å². The summed E-state index contributed by atoms with van der Waals surface area (Å²) in [7, 11) is -3.53. The highest BCUT2D eigenvalue weighted by atomic mass is 32.2. The van der Waals surface area contributed by atoms with E-state index in [0.29, 0.717) is 38.4 Å². The number of carbonyl (C=O) groups excluding carboxylic acids is 1. The van der Waals surface area contributed by atoms with Crippen LogP contribution < -0.4 is 5.32 Å². The number of hydrogen-bond acceptors (Lipinski definition) is 5. The summed E-state index contributed by atoms with van der Waals surface area (Å²) in [5, 5.41) is 3.06. The number of rotatable bonds is 9. The fourth-order valence-corrected chi connectivity index (χ4v) is 6.40. The maximum Gasteiger partial charge on any atom is 0.251 e. The number of benzene rings is 2. The molecule has 2 aromatic rings. The second-order valence-electron chi connectivity index (χ2n) is 7.51. The number of carbonyl (C=O) groups is 1. The van der Waals surface area contributed by atoms with E-state index >= 15 is 0 Å². The van der Waals surface area contributed by atoms with E-state index < -0.39 is 10.0 Å². The molecule has 0 atom stereocenters. The molecule has 1 aliphatic heterocycles. The summed E-state index contributed by atoms with van der Waals surface area (Å²) >= 11 is 1.78. The van der Waals surface area contributed by atoms with Crippen LogP contribution >= 0.6 is 11.8 Å². The normalized spacial score (nSPS) is 16.2. The van der Waals surface area contributed by atoms with Crippen molar-refractivity contribution in [2.45, 2.75) is 41.2 Å². The molecule has 1 aliphatic rings. The van der Waals surface area contributed by atoms with Gasteiger partial charge in [-0.2, -0.15) is 4.31 Å². The Morgan fingerprint density at radius 2 is 1.65 bits per heavy atom. The van der Waals surface area contributed by atoms with E-state index in [1.54, 1.807) is 23.9 Å². The Morgan fingerprint density at radius 3 is 2.23 bits per heavy atom. The molecule has 0 saturated carbocycles. The Balaban J connectivity index is 1.68. The standard InChI is InChI=1S/C23H30N2O4S2/c1-3-25(4-2)31(27,28)21-12-10-19(11-13-21)22(26)24-18-23(14-16-29-17-15-23)30-20-8-6-5-7-9-20/h5-13H,3-4,14-18H2,1-2H3,(H,24,26). The van der Waals surface area contributed by atoms with Crippen LogP contribution in [0.25, 0.3) is 0 Å². The van der Waals surface area contributed by atoms with E-state index in [9.17, 15) is 13.2 Å². The van der Waals surface area contributed by atoms with Gasteiger partial charge in [0, 0.05) is 48.1 Å². The molecule has 2 aromatic carbocycles. The molecule has 1 N–H and O–H groups in total. The summed E-state index contributed by atoms with van der Waals surface area (Å²) in [6, 6.07) is 16.4. The fourth-order valence-electron chi connectivity index (χ4n) is 3.63. The molecular weight excluding hydrogens is 432 g/mol. The predicted molar refractivity (Wildman–Crippen MR) is 124 cm³/mol. The zero-order chi connectivity index (χ0) is 22.3. The van der Waals surface area contributed by atoms with Gasteiger partial charge in [0.1, 0.15) is 0 Å². The van der Waals surface area contributed by atoms with Crippen molar-refractivity contribution in [2.24, 2.45) is 0 Å². The zero-order valence-corrected chi connectivity index (χ0v) is 19.7. The molecule has 0 aromatic heterocycles. The van der Waals surface area contributed by atoms with Crippen LogP contribution in [0, 0.1) is 0 Å². The number of hydrogen-bond donors (Lipinski definition) is 1. The monoisotopic (exact) mass is 462 g/mol. The molecule has 0 radical (unpaired) electrons. The highest BCUT2D eigenvalue weighted by Gasteiger charge is 2.34. The molecule has 1 heterocycles. The molecule has 8 heteroatoms. The first kappa shape index (κ1) is 23.8. The summed E-state index contributed by atoms with van der Waals surface area (Å²) in [6.07, 6.45) is 1.71. The largest absolute Gasteiger partial charge is 0.381 e. The van der Waals surface area contributed by atoms with Crippen molar-refractivity contribution in [1.82, 2.24) is 9.62 Å². The third-order valence-corrected chi connectivity index (χ3v) is 9.07. The molecule has 0 unspecified atom stereocenters. The third-order valence-electron chi connectivity index (χ3n) is 5.51. The van der Waals surface area contributed by atoms with Gasteiger partial charge in [0.25, 0.3) is 5.91 Å². The molecule has 6 nitrogen and oxygen atoms in total. The molecule has 0 spiro atoms. The van der Waals surface area contributed by atoms with Crippen molar-refractivity contribution < 1.29 is 17.9 Å². The lowest BCUT2D eigenvalue weighted by Gasteiger charge is -2.36. The van der Waals surface area contributed by atoms with Crippen LogP contribution in [0.2, 0.25) is 0 Å². The number of nitrogens with one attached hydrogen (secondary N) is 1. The van der Waals surface area contributed by atoms with E-state index in [0.717, 1.165) is 12.8 Å². The summed E-state index contributed by atoms with van der Waals surface area (Å²) < 4.78 is 32.1. The Hall–Kier alpha value is -1.87. The van der Waals surface area contributed by atoms with E-state index in [1.165, 1.54) is 21.3 Å². The van der Waals surface area contributed by atoms with Gasteiger partial charge in [-0.1, -0.05) is 32.0 Å². The van der Waals surface area contributed by atoms with E-state index in [-0.39, 0.29) is 15.5 Å². The van der Waals surface area contributed by atoms with Crippen LogP contribution in [0.5, 0.6) is 0 Å². The summed E-state index contributed by atoms with van der Waals surface area (Å²) in [6.45, 7) is 6.30. The summed E-state index contributed by atoms with van der Waals surface area (Å²) in [4.78, 5) is 14.2. The third kappa shape index (κ3) is 5.88. The molecule has 0 bridgehead atoms. The van der Waals surface area contributed by atoms with Gasteiger partial charge in [0.2, 0.25) is 10.0 Å². The smallest absolute Gasteiger partial charge is 0.251 e. The predicted octanol–water partition coefficient (Wildman–Crippen LogP) is 3.79. The number of thioether (sulfide) groups is 1. The van der Waals surface area contributed by atoms with Gasteiger partial charge in [-0.05, 0) is 49.2 Å². The van der Waals surface area contributed by atoms with Gasteiger partial charge in [-0.3, -0.25) is 4.79 Å². The molecule has 31 heavy (non-hydrogen) atoms. The Labute approximate surface area is 189 Å². The maximum atomic E-state index is 12.8. The van der Waals surface area contributed by atoms with Crippen LogP contribution in [0.3, 0.4) is 0 Å². The Morgan fingerprint density at radius 1 is 1.03 bits per heavy atom. The average Bonchev–Trinajstić information content (AvgIpc) is 2.79. The highest BCUT2D eigenvalue weighted by molar-refractivity contribution is 8.00. The zero-order valence-electron chi connectivity index (χ0n) is 18.0. The second kappa shape index (κ2) is 10.6. The van der Waals surface area contributed by atoms with Crippen molar-refractivity contribution in [3.8, 4) is 0 Å². The lowest BCUT2D eigenvalue weighted by molar-refractivity contribution is 0.0741. The number of ether oxygens (including phenoxy) is 1. The minimum absolute atomic E-state index is 0.124. The number of amides is 1. The van der Waals surface area contributed by atoms with Crippen LogP contribution in [-0.2, 0) is 14.8 Å². The van der Waals surface area contributed by atoms with Gasteiger partial charge in [0.15, 0.2) is 0 Å². The number of sulfonamides is 1. The Kier molecular flexibility index (Phi) is 8.16. The summed E-state index contributed by atoms with van der Waals surface area (Å²) in [5.41, 5.74) is 0.449. The van der Waals surface area contributed by atoms with Crippen molar-refractivity contribution >= 4 is 27.7 Å². The maximum absolute atomic E-state index is 12.8. The lowest BCUT2D eigenvalue weighted by atomic mass is 9.99. The van der Waals surface area contributed by atoms with Crippen LogP contribution in [-0.4, -0.2) is 56.2 Å². The topological polar surface area (TPSA) is 75.7 Å². The van der Waals surface area contributed by atoms with Crippen molar-refractivity contribution in [3.05, 3.63) is 60.2 Å². The SMILES string of the molecule is CCN(CC)S(=O)(=O)c1ccc(C(=O)NCC2(Sc3ccccc3)CCOCC2)cc1. The molecule has 1 saturated heterocycles. The van der Waals surface area contributed by atoms with Gasteiger partial charge in [-0.15, -0.1) is 11.8 Å². The van der Waals surface area contributed by atoms with Crippen molar-refractivity contribution in [2.75, 3.05) is 32.8 Å². The van der Waals surface area contributed by atoms with Gasteiger partial charge in [0.05, 0.1) is 4.90 Å². The minimum atomic E-state index is -3.53. The molecule has 1 amide bonds. The first-order valence-electron chi connectivity index (χ1n) is 10.6. The minimum Gasteiger partial charge on any atom is -0.381 e.